The number of hydrogen-bond donors (Lipinski definition) is 3. The van der Waals surface area contributed by atoms with Crippen molar-refractivity contribution in [1.82, 2.24) is 10.6 Å². The molecule has 0 spiro atoms. The molecule has 1 aliphatic rings. The lowest BCUT2D eigenvalue weighted by atomic mass is 9.83. The lowest BCUT2D eigenvalue weighted by molar-refractivity contribution is -0.130. The quantitative estimate of drug-likeness (QED) is 0.609. The first-order chi connectivity index (χ1) is 7.14. The molecule has 2 unspecified atom stereocenters. The van der Waals surface area contributed by atoms with E-state index in [9.17, 15) is 4.79 Å². The Hall–Kier alpha value is -0.610. The number of carbonyl (C=O) groups excluding carboxylic acids is 1. The maximum Gasteiger partial charge on any atom is 0.227 e. The molecule has 0 aliphatic carbocycles. The first-order valence-corrected chi connectivity index (χ1v) is 5.74. The lowest BCUT2D eigenvalue weighted by Crippen LogP contribution is -2.43. The molecule has 1 saturated heterocycles. The zero-order valence-corrected chi connectivity index (χ0v) is 9.68. The molecular formula is C11H22N2O2. The third-order valence-corrected chi connectivity index (χ3v) is 3.32. The zero-order chi connectivity index (χ0) is 11.3. The Morgan fingerprint density at radius 1 is 1.67 bits per heavy atom. The summed E-state index contributed by atoms with van der Waals surface area (Å²) >= 11 is 0. The molecule has 3 N–H and O–H groups in total. The van der Waals surface area contributed by atoms with E-state index in [-0.39, 0.29) is 23.8 Å². The lowest BCUT2D eigenvalue weighted by Gasteiger charge is -2.25. The minimum Gasteiger partial charge on any atom is -0.396 e. The molecule has 1 heterocycles. The van der Waals surface area contributed by atoms with Gasteiger partial charge in [-0.3, -0.25) is 4.79 Å². The normalized spacial score (nSPS) is 27.7. The standard InChI is InChI=1S/C11H22N2O2/c1-3-11(4-5-12-8-11)10(15)13-6-9(2)7-14/h9,12,14H,3-8H2,1-2H3,(H,13,15). The largest absolute Gasteiger partial charge is 0.396 e. The van der Waals surface area contributed by atoms with Crippen LogP contribution in [0.25, 0.3) is 0 Å². The van der Waals surface area contributed by atoms with E-state index in [0.29, 0.717) is 6.54 Å². The van der Waals surface area contributed by atoms with Gasteiger partial charge in [-0.2, -0.15) is 0 Å². The van der Waals surface area contributed by atoms with Gasteiger partial charge in [0.15, 0.2) is 0 Å². The van der Waals surface area contributed by atoms with Crippen LogP contribution in [0.5, 0.6) is 0 Å². The van der Waals surface area contributed by atoms with Crippen molar-refractivity contribution < 1.29 is 9.90 Å². The number of aliphatic hydroxyl groups excluding tert-OH is 1. The highest BCUT2D eigenvalue weighted by Crippen LogP contribution is 2.29. The van der Waals surface area contributed by atoms with E-state index in [4.69, 9.17) is 5.11 Å². The van der Waals surface area contributed by atoms with Crippen LogP contribution >= 0.6 is 0 Å². The van der Waals surface area contributed by atoms with Crippen molar-refractivity contribution in [2.24, 2.45) is 11.3 Å². The van der Waals surface area contributed by atoms with Crippen molar-refractivity contribution in [3.63, 3.8) is 0 Å². The summed E-state index contributed by atoms with van der Waals surface area (Å²) in [5, 5.41) is 15.0. The second kappa shape index (κ2) is 5.47. The second-order valence-corrected chi connectivity index (χ2v) is 4.56. The van der Waals surface area contributed by atoms with Crippen molar-refractivity contribution in [2.45, 2.75) is 26.7 Å². The predicted molar refractivity (Wildman–Crippen MR) is 59.5 cm³/mol. The fourth-order valence-electron chi connectivity index (χ4n) is 1.92. The van der Waals surface area contributed by atoms with Crippen LogP contribution in [0.4, 0.5) is 0 Å². The van der Waals surface area contributed by atoms with Crippen molar-refractivity contribution in [3.8, 4) is 0 Å². The molecule has 88 valence electrons. The molecule has 0 radical (unpaired) electrons. The van der Waals surface area contributed by atoms with Gasteiger partial charge < -0.3 is 15.7 Å². The van der Waals surface area contributed by atoms with Crippen molar-refractivity contribution in [2.75, 3.05) is 26.2 Å². The van der Waals surface area contributed by atoms with Crippen molar-refractivity contribution in [3.05, 3.63) is 0 Å². The molecule has 0 bridgehead atoms. The van der Waals surface area contributed by atoms with Crippen LogP contribution in [0.3, 0.4) is 0 Å². The molecule has 1 aliphatic heterocycles. The zero-order valence-electron chi connectivity index (χ0n) is 9.68. The maximum absolute atomic E-state index is 12.0. The summed E-state index contributed by atoms with van der Waals surface area (Å²) in [4.78, 5) is 12.0. The summed E-state index contributed by atoms with van der Waals surface area (Å²) in [6, 6.07) is 0. The van der Waals surface area contributed by atoms with Gasteiger partial charge in [0.05, 0.1) is 5.41 Å². The Morgan fingerprint density at radius 3 is 2.87 bits per heavy atom. The van der Waals surface area contributed by atoms with E-state index in [1.165, 1.54) is 0 Å². The number of nitrogens with one attached hydrogen (secondary N) is 2. The Morgan fingerprint density at radius 2 is 2.40 bits per heavy atom. The van der Waals surface area contributed by atoms with Gasteiger partial charge in [-0.1, -0.05) is 13.8 Å². The molecule has 0 aromatic carbocycles. The molecule has 0 aromatic rings. The third kappa shape index (κ3) is 2.92. The first-order valence-electron chi connectivity index (χ1n) is 5.74. The topological polar surface area (TPSA) is 61.4 Å². The summed E-state index contributed by atoms with van der Waals surface area (Å²) < 4.78 is 0. The summed E-state index contributed by atoms with van der Waals surface area (Å²) in [7, 11) is 0. The fraction of sp³-hybridized carbons (Fsp3) is 0.909. The fourth-order valence-corrected chi connectivity index (χ4v) is 1.92. The molecule has 4 heteroatoms. The molecular weight excluding hydrogens is 192 g/mol. The maximum atomic E-state index is 12.0. The average Bonchev–Trinajstić information content (AvgIpc) is 2.75. The van der Waals surface area contributed by atoms with Gasteiger partial charge in [0.25, 0.3) is 0 Å². The number of aliphatic hydroxyl groups is 1. The average molecular weight is 214 g/mol. The Labute approximate surface area is 91.4 Å². The minimum atomic E-state index is -0.213. The summed E-state index contributed by atoms with van der Waals surface area (Å²) in [6.07, 6.45) is 1.79. The van der Waals surface area contributed by atoms with Crippen LogP contribution in [0.15, 0.2) is 0 Å². The van der Waals surface area contributed by atoms with Gasteiger partial charge in [-0.25, -0.2) is 0 Å². The Bertz CT molecular complexity index is 213. The van der Waals surface area contributed by atoms with Gasteiger partial charge in [0.1, 0.15) is 0 Å². The summed E-state index contributed by atoms with van der Waals surface area (Å²) in [5.41, 5.74) is -0.213. The number of rotatable bonds is 5. The predicted octanol–water partition coefficient (Wildman–Crippen LogP) is 0.121. The van der Waals surface area contributed by atoms with Crippen LogP contribution < -0.4 is 10.6 Å². The van der Waals surface area contributed by atoms with E-state index >= 15 is 0 Å². The SMILES string of the molecule is CCC1(C(=O)NCC(C)CO)CCNC1. The first kappa shape index (κ1) is 12.5. The van der Waals surface area contributed by atoms with E-state index in [1.54, 1.807) is 0 Å². The highest BCUT2D eigenvalue weighted by Gasteiger charge is 2.39. The van der Waals surface area contributed by atoms with Gasteiger partial charge >= 0.3 is 0 Å². The molecule has 0 aromatic heterocycles. The van der Waals surface area contributed by atoms with Crippen LogP contribution in [0, 0.1) is 11.3 Å². The molecule has 1 rings (SSSR count). The smallest absolute Gasteiger partial charge is 0.227 e. The van der Waals surface area contributed by atoms with E-state index < -0.39 is 0 Å². The summed E-state index contributed by atoms with van der Waals surface area (Å²) in [6.45, 7) is 6.38. The minimum absolute atomic E-state index is 0.123. The van der Waals surface area contributed by atoms with Crippen LogP contribution in [0.2, 0.25) is 0 Å². The van der Waals surface area contributed by atoms with Gasteiger partial charge in [0.2, 0.25) is 5.91 Å². The Balaban J connectivity index is 2.44. The van der Waals surface area contributed by atoms with Crippen LogP contribution in [0.1, 0.15) is 26.7 Å². The highest BCUT2D eigenvalue weighted by molar-refractivity contribution is 5.83. The van der Waals surface area contributed by atoms with E-state index in [0.717, 1.165) is 25.9 Å². The number of amides is 1. The van der Waals surface area contributed by atoms with Gasteiger partial charge in [-0.05, 0) is 25.3 Å². The molecule has 4 nitrogen and oxygen atoms in total. The second-order valence-electron chi connectivity index (χ2n) is 4.56. The Kier molecular flexibility index (Phi) is 4.54. The molecule has 1 amide bonds. The van der Waals surface area contributed by atoms with Crippen molar-refractivity contribution in [1.29, 1.82) is 0 Å². The molecule has 2 atom stereocenters. The highest BCUT2D eigenvalue weighted by atomic mass is 16.3. The number of carbonyl (C=O) groups is 1. The van der Waals surface area contributed by atoms with Gasteiger partial charge in [-0.15, -0.1) is 0 Å². The molecule has 0 saturated carbocycles. The third-order valence-electron chi connectivity index (χ3n) is 3.32. The number of hydrogen-bond acceptors (Lipinski definition) is 3. The molecule has 1 fully saturated rings. The van der Waals surface area contributed by atoms with Crippen LogP contribution in [-0.2, 0) is 4.79 Å². The molecule has 15 heavy (non-hydrogen) atoms. The van der Waals surface area contributed by atoms with Crippen LogP contribution in [-0.4, -0.2) is 37.3 Å². The van der Waals surface area contributed by atoms with Crippen molar-refractivity contribution >= 4 is 5.91 Å². The summed E-state index contributed by atoms with van der Waals surface area (Å²) in [5.74, 6) is 0.271. The van der Waals surface area contributed by atoms with E-state index in [2.05, 4.69) is 17.6 Å². The van der Waals surface area contributed by atoms with Gasteiger partial charge in [0, 0.05) is 19.7 Å². The monoisotopic (exact) mass is 214 g/mol. The van der Waals surface area contributed by atoms with E-state index in [1.807, 2.05) is 6.92 Å².